The van der Waals surface area contributed by atoms with Crippen LogP contribution >= 0.6 is 0 Å². The Labute approximate surface area is 158 Å². The predicted molar refractivity (Wildman–Crippen MR) is 102 cm³/mol. The van der Waals surface area contributed by atoms with Gasteiger partial charge in [0, 0.05) is 18.5 Å². The van der Waals surface area contributed by atoms with Gasteiger partial charge in [-0.15, -0.1) is 0 Å². The standard InChI is InChI=1S/C22H21NO4/c24-20(18-10-5-2-6-11-18)22(26,14-13-17-8-3-1-4-9-17)27-21(25)19-12-7-15-23-16-19/h1-12,15,23,26H,13-14,16H2/t22-/m1/s1. The maximum atomic E-state index is 12.9. The first-order chi connectivity index (χ1) is 13.1. The Balaban J connectivity index is 1.83. The maximum absolute atomic E-state index is 12.9. The Morgan fingerprint density at radius 1 is 1.04 bits per heavy atom. The third kappa shape index (κ3) is 4.71. The summed E-state index contributed by atoms with van der Waals surface area (Å²) in [6.45, 7) is 0.281. The Hall–Kier alpha value is -3.18. The van der Waals surface area contributed by atoms with Crippen LogP contribution < -0.4 is 5.32 Å². The minimum Gasteiger partial charge on any atom is -0.422 e. The zero-order valence-corrected chi connectivity index (χ0v) is 14.8. The molecule has 27 heavy (non-hydrogen) atoms. The van der Waals surface area contributed by atoms with Crippen molar-refractivity contribution in [2.24, 2.45) is 0 Å². The van der Waals surface area contributed by atoms with Crippen molar-refractivity contribution in [2.75, 3.05) is 6.54 Å². The molecule has 0 bridgehead atoms. The van der Waals surface area contributed by atoms with Gasteiger partial charge in [0.05, 0.1) is 5.57 Å². The molecule has 5 nitrogen and oxygen atoms in total. The van der Waals surface area contributed by atoms with Gasteiger partial charge in [-0.3, -0.25) is 4.79 Å². The van der Waals surface area contributed by atoms with E-state index in [9.17, 15) is 14.7 Å². The molecule has 1 atom stereocenters. The van der Waals surface area contributed by atoms with Gasteiger partial charge >= 0.3 is 5.97 Å². The lowest BCUT2D eigenvalue weighted by Crippen LogP contribution is -2.44. The van der Waals surface area contributed by atoms with Crippen molar-refractivity contribution in [1.82, 2.24) is 5.32 Å². The second-order valence-corrected chi connectivity index (χ2v) is 6.29. The third-order valence-electron chi connectivity index (χ3n) is 4.31. The van der Waals surface area contributed by atoms with Crippen LogP contribution in [0.15, 0.2) is 84.6 Å². The zero-order chi connectivity index (χ0) is 19.1. The summed E-state index contributed by atoms with van der Waals surface area (Å²) in [6, 6.07) is 17.8. The number of Topliss-reactive ketones (excluding diaryl/α,β-unsaturated/α-hetero) is 1. The van der Waals surface area contributed by atoms with Crippen LogP contribution in [0.5, 0.6) is 0 Å². The second kappa shape index (κ2) is 8.47. The molecule has 1 aliphatic heterocycles. The van der Waals surface area contributed by atoms with Gasteiger partial charge in [0.25, 0.3) is 5.79 Å². The first kappa shape index (κ1) is 18.6. The number of hydrogen-bond acceptors (Lipinski definition) is 5. The fourth-order valence-electron chi connectivity index (χ4n) is 2.80. The van der Waals surface area contributed by atoms with E-state index < -0.39 is 17.5 Å². The van der Waals surface area contributed by atoms with Gasteiger partial charge in [0.1, 0.15) is 0 Å². The number of aryl methyl sites for hydroxylation is 1. The minimum atomic E-state index is -2.24. The molecule has 1 aliphatic rings. The van der Waals surface area contributed by atoms with Crippen molar-refractivity contribution in [2.45, 2.75) is 18.6 Å². The summed E-state index contributed by atoms with van der Waals surface area (Å²) in [5, 5.41) is 13.9. The number of hydrogen-bond donors (Lipinski definition) is 2. The largest absolute Gasteiger partial charge is 0.422 e. The molecule has 0 aliphatic carbocycles. The van der Waals surface area contributed by atoms with E-state index in [1.54, 1.807) is 48.7 Å². The molecule has 0 fully saturated rings. The summed E-state index contributed by atoms with van der Waals surface area (Å²) in [7, 11) is 0. The van der Waals surface area contributed by atoms with Gasteiger partial charge in [0.2, 0.25) is 5.78 Å². The lowest BCUT2D eigenvalue weighted by molar-refractivity contribution is -0.187. The number of benzene rings is 2. The first-order valence-corrected chi connectivity index (χ1v) is 8.77. The number of dihydropyridines is 1. The molecular formula is C22H21NO4. The molecule has 2 N–H and O–H groups in total. The fraction of sp³-hybridized carbons (Fsp3) is 0.182. The number of rotatable bonds is 7. The monoisotopic (exact) mass is 363 g/mol. The summed E-state index contributed by atoms with van der Waals surface area (Å²) in [6.07, 6.45) is 5.33. The topological polar surface area (TPSA) is 75.6 Å². The van der Waals surface area contributed by atoms with Crippen LogP contribution in [-0.4, -0.2) is 29.2 Å². The number of aliphatic hydroxyl groups is 1. The highest BCUT2D eigenvalue weighted by molar-refractivity contribution is 6.03. The number of ether oxygens (including phenoxy) is 1. The SMILES string of the molecule is O=C(O[C@](O)(CCc1ccccc1)C(=O)c1ccccc1)C1=CC=CNC1. The van der Waals surface area contributed by atoms with Gasteiger partial charge < -0.3 is 15.2 Å². The first-order valence-electron chi connectivity index (χ1n) is 8.77. The number of ketones is 1. The Kier molecular flexibility index (Phi) is 5.84. The number of carbonyl (C=O) groups excluding carboxylic acids is 2. The highest BCUT2D eigenvalue weighted by Gasteiger charge is 2.41. The second-order valence-electron chi connectivity index (χ2n) is 6.29. The van der Waals surface area contributed by atoms with E-state index in [-0.39, 0.29) is 18.5 Å². The number of allylic oxidation sites excluding steroid dienone is 2. The van der Waals surface area contributed by atoms with Crippen molar-refractivity contribution >= 4 is 11.8 Å². The predicted octanol–water partition coefficient (Wildman–Crippen LogP) is 2.78. The summed E-state index contributed by atoms with van der Waals surface area (Å²) < 4.78 is 5.34. The molecule has 3 rings (SSSR count). The van der Waals surface area contributed by atoms with Crippen LogP contribution in [0.1, 0.15) is 22.3 Å². The maximum Gasteiger partial charge on any atom is 0.338 e. The van der Waals surface area contributed by atoms with Gasteiger partial charge in [-0.25, -0.2) is 4.79 Å². The van der Waals surface area contributed by atoms with Gasteiger partial charge in [0.15, 0.2) is 0 Å². The molecular weight excluding hydrogens is 342 g/mol. The fourth-order valence-corrected chi connectivity index (χ4v) is 2.80. The van der Waals surface area contributed by atoms with Crippen LogP contribution in [0.3, 0.4) is 0 Å². The van der Waals surface area contributed by atoms with Crippen LogP contribution in [0.4, 0.5) is 0 Å². The quantitative estimate of drug-likeness (QED) is 0.449. The normalized spacial score (nSPS) is 15.2. The average molecular weight is 363 g/mol. The minimum absolute atomic E-state index is 0.0347. The van der Waals surface area contributed by atoms with E-state index in [0.717, 1.165) is 5.56 Å². The number of esters is 1. The van der Waals surface area contributed by atoms with E-state index in [2.05, 4.69) is 5.32 Å². The van der Waals surface area contributed by atoms with Crippen molar-refractivity contribution in [3.63, 3.8) is 0 Å². The molecule has 2 aromatic rings. The van der Waals surface area contributed by atoms with Crippen molar-refractivity contribution in [3.05, 3.63) is 95.7 Å². The van der Waals surface area contributed by atoms with E-state index in [4.69, 9.17) is 4.74 Å². The molecule has 0 radical (unpaired) electrons. The zero-order valence-electron chi connectivity index (χ0n) is 14.8. The molecule has 0 aromatic heterocycles. The molecule has 0 amide bonds. The highest BCUT2D eigenvalue weighted by Crippen LogP contribution is 2.23. The van der Waals surface area contributed by atoms with Crippen molar-refractivity contribution < 1.29 is 19.4 Å². The Morgan fingerprint density at radius 3 is 2.33 bits per heavy atom. The van der Waals surface area contributed by atoms with E-state index >= 15 is 0 Å². The van der Waals surface area contributed by atoms with Crippen LogP contribution in [-0.2, 0) is 16.0 Å². The molecule has 5 heteroatoms. The third-order valence-corrected chi connectivity index (χ3v) is 4.31. The Bertz CT molecular complexity index is 858. The van der Waals surface area contributed by atoms with Crippen molar-refractivity contribution in [1.29, 1.82) is 0 Å². The molecule has 1 heterocycles. The van der Waals surface area contributed by atoms with Crippen molar-refractivity contribution in [3.8, 4) is 0 Å². The molecule has 2 aromatic carbocycles. The van der Waals surface area contributed by atoms with E-state index in [1.807, 2.05) is 30.3 Å². The smallest absolute Gasteiger partial charge is 0.338 e. The summed E-state index contributed by atoms with van der Waals surface area (Å²) in [5.41, 5.74) is 1.57. The van der Waals surface area contributed by atoms with Gasteiger partial charge in [-0.1, -0.05) is 60.7 Å². The lowest BCUT2D eigenvalue weighted by Gasteiger charge is -2.27. The van der Waals surface area contributed by atoms with Gasteiger partial charge in [-0.2, -0.15) is 0 Å². The van der Waals surface area contributed by atoms with Crippen LogP contribution in [0.2, 0.25) is 0 Å². The van der Waals surface area contributed by atoms with E-state index in [0.29, 0.717) is 12.0 Å². The van der Waals surface area contributed by atoms with Crippen LogP contribution in [0.25, 0.3) is 0 Å². The summed E-state index contributed by atoms with van der Waals surface area (Å²) in [4.78, 5) is 25.4. The number of nitrogens with one attached hydrogen (secondary N) is 1. The average Bonchev–Trinajstić information content (AvgIpc) is 2.74. The molecule has 0 saturated heterocycles. The number of carbonyl (C=O) groups is 2. The lowest BCUT2D eigenvalue weighted by atomic mass is 9.96. The molecule has 138 valence electrons. The summed E-state index contributed by atoms with van der Waals surface area (Å²) in [5.74, 6) is -3.59. The highest BCUT2D eigenvalue weighted by atomic mass is 16.7. The van der Waals surface area contributed by atoms with Gasteiger partial charge in [-0.05, 0) is 30.3 Å². The Morgan fingerprint density at radius 2 is 1.70 bits per heavy atom. The molecule has 0 saturated carbocycles. The molecule has 0 spiro atoms. The summed E-state index contributed by atoms with van der Waals surface area (Å²) >= 11 is 0. The van der Waals surface area contributed by atoms with E-state index in [1.165, 1.54) is 0 Å². The molecule has 0 unspecified atom stereocenters. The van der Waals surface area contributed by atoms with Crippen LogP contribution in [0, 0.1) is 0 Å².